The van der Waals surface area contributed by atoms with Crippen LogP contribution < -0.4 is 0 Å². The quantitative estimate of drug-likeness (QED) is 0.691. The molecule has 0 N–H and O–H groups in total. The second kappa shape index (κ2) is 4.06. The van der Waals surface area contributed by atoms with Crippen LogP contribution in [-0.2, 0) is 0 Å². The van der Waals surface area contributed by atoms with Crippen molar-refractivity contribution >= 4 is 5.57 Å². The Morgan fingerprint density at radius 1 is 1.12 bits per heavy atom. The molecule has 0 aliphatic heterocycles. The van der Waals surface area contributed by atoms with Crippen molar-refractivity contribution in [1.29, 1.82) is 0 Å². The van der Waals surface area contributed by atoms with Crippen molar-refractivity contribution in [3.63, 3.8) is 0 Å². The van der Waals surface area contributed by atoms with Crippen LogP contribution in [0, 0.1) is 12.8 Å². The molecule has 0 bridgehead atoms. The predicted octanol–water partition coefficient (Wildman–Crippen LogP) is 3.65. The number of allylic oxidation sites excluding steroid dienone is 1. The zero-order valence-corrected chi connectivity index (χ0v) is 10.9. The first kappa shape index (κ1) is 11.4. The van der Waals surface area contributed by atoms with E-state index in [1.165, 1.54) is 22.3 Å². The summed E-state index contributed by atoms with van der Waals surface area (Å²) in [6, 6.07) is 7.34. The van der Waals surface area contributed by atoms with E-state index in [0.717, 1.165) is 0 Å². The molecule has 0 saturated heterocycles. The summed E-state index contributed by atoms with van der Waals surface area (Å²) in [6.45, 7) is 6.69. The third kappa shape index (κ3) is 1.80. The third-order valence-corrected chi connectivity index (χ3v) is 3.52. The van der Waals surface area contributed by atoms with Crippen LogP contribution in [0.2, 0.25) is 0 Å². The lowest BCUT2D eigenvalue weighted by Gasteiger charge is -2.34. The minimum Gasteiger partial charge on any atom is -0.302 e. The van der Waals surface area contributed by atoms with Crippen molar-refractivity contribution in [3.8, 4) is 0 Å². The van der Waals surface area contributed by atoms with Crippen molar-refractivity contribution in [1.82, 2.24) is 4.90 Å². The average Bonchev–Trinajstić information content (AvgIpc) is 2.18. The number of fused-ring (bicyclic) bond motifs is 1. The summed E-state index contributed by atoms with van der Waals surface area (Å²) < 4.78 is 0. The van der Waals surface area contributed by atoms with E-state index in [1.807, 2.05) is 0 Å². The summed E-state index contributed by atoms with van der Waals surface area (Å²) in [7, 11) is 4.33. The highest BCUT2D eigenvalue weighted by Gasteiger charge is 2.26. The van der Waals surface area contributed by atoms with Gasteiger partial charge in [0.2, 0.25) is 0 Å². The van der Waals surface area contributed by atoms with Crippen molar-refractivity contribution < 1.29 is 0 Å². The second-order valence-electron chi connectivity index (χ2n) is 5.21. The largest absolute Gasteiger partial charge is 0.302 e. The predicted molar refractivity (Wildman–Crippen MR) is 70.4 cm³/mol. The van der Waals surface area contributed by atoms with Gasteiger partial charge >= 0.3 is 0 Å². The molecule has 2 rings (SSSR count). The molecule has 0 saturated carbocycles. The molecule has 1 aliphatic carbocycles. The Labute approximate surface area is 98.8 Å². The molecule has 0 radical (unpaired) electrons. The highest BCUT2D eigenvalue weighted by atomic mass is 15.1. The molecule has 2 unspecified atom stereocenters. The van der Waals surface area contributed by atoms with Gasteiger partial charge in [-0.1, -0.05) is 36.8 Å². The van der Waals surface area contributed by atoms with Crippen LogP contribution in [0.1, 0.15) is 36.6 Å². The second-order valence-corrected chi connectivity index (χ2v) is 5.21. The van der Waals surface area contributed by atoms with Crippen LogP contribution >= 0.6 is 0 Å². The maximum Gasteiger partial charge on any atom is 0.0408 e. The molecule has 1 heteroatoms. The van der Waals surface area contributed by atoms with E-state index < -0.39 is 0 Å². The van der Waals surface area contributed by atoms with Crippen molar-refractivity contribution in [2.45, 2.75) is 26.8 Å². The van der Waals surface area contributed by atoms with Crippen LogP contribution in [0.4, 0.5) is 0 Å². The van der Waals surface area contributed by atoms with Gasteiger partial charge in [0, 0.05) is 6.04 Å². The standard InChI is InChI=1S/C15H21N/c1-10-6-7-13-14(8-10)11(2)9-12(3)15(13)16(4)5/h6-9,12,15H,1-5H3. The van der Waals surface area contributed by atoms with E-state index in [2.05, 4.69) is 64.0 Å². The highest BCUT2D eigenvalue weighted by Crippen LogP contribution is 2.39. The van der Waals surface area contributed by atoms with Gasteiger partial charge in [-0.25, -0.2) is 0 Å². The monoisotopic (exact) mass is 215 g/mol. The first-order valence-electron chi connectivity index (χ1n) is 5.96. The summed E-state index contributed by atoms with van der Waals surface area (Å²) in [5.74, 6) is 0.588. The van der Waals surface area contributed by atoms with Crippen LogP contribution in [0.5, 0.6) is 0 Å². The fourth-order valence-corrected chi connectivity index (χ4v) is 2.88. The van der Waals surface area contributed by atoms with Gasteiger partial charge in [0.25, 0.3) is 0 Å². The van der Waals surface area contributed by atoms with E-state index in [4.69, 9.17) is 0 Å². The third-order valence-electron chi connectivity index (χ3n) is 3.52. The fourth-order valence-electron chi connectivity index (χ4n) is 2.88. The Morgan fingerprint density at radius 2 is 1.81 bits per heavy atom. The maximum atomic E-state index is 2.40. The Hall–Kier alpha value is -1.08. The van der Waals surface area contributed by atoms with E-state index in [-0.39, 0.29) is 0 Å². The van der Waals surface area contributed by atoms with Crippen LogP contribution in [0.15, 0.2) is 24.3 Å². The highest BCUT2D eigenvalue weighted by molar-refractivity contribution is 5.70. The van der Waals surface area contributed by atoms with Gasteiger partial charge in [-0.3, -0.25) is 0 Å². The van der Waals surface area contributed by atoms with Crippen LogP contribution in [0.3, 0.4) is 0 Å². The molecule has 86 valence electrons. The SMILES string of the molecule is CC1=CC(C)C(N(C)C)c2ccc(C)cc21. The fraction of sp³-hybridized carbons (Fsp3) is 0.467. The first-order chi connectivity index (χ1) is 7.50. The molecule has 0 aromatic heterocycles. The van der Waals surface area contributed by atoms with Gasteiger partial charge in [0.1, 0.15) is 0 Å². The summed E-state index contributed by atoms with van der Waals surface area (Å²) in [5.41, 5.74) is 5.67. The lowest BCUT2D eigenvalue weighted by atomic mass is 9.81. The summed E-state index contributed by atoms with van der Waals surface area (Å²) >= 11 is 0. The minimum absolute atomic E-state index is 0.513. The molecule has 2 atom stereocenters. The molecule has 1 nitrogen and oxygen atoms in total. The number of benzene rings is 1. The van der Waals surface area contributed by atoms with Crippen LogP contribution in [-0.4, -0.2) is 19.0 Å². The summed E-state index contributed by atoms with van der Waals surface area (Å²) in [5, 5.41) is 0. The van der Waals surface area contributed by atoms with Crippen molar-refractivity contribution in [2.75, 3.05) is 14.1 Å². The first-order valence-corrected chi connectivity index (χ1v) is 5.96. The van der Waals surface area contributed by atoms with Gasteiger partial charge in [-0.05, 0) is 50.6 Å². The number of nitrogens with zero attached hydrogens (tertiary/aromatic N) is 1. The Bertz CT molecular complexity index is 429. The molecule has 1 aromatic carbocycles. The topological polar surface area (TPSA) is 3.24 Å². The molecule has 1 aromatic rings. The van der Waals surface area contributed by atoms with E-state index >= 15 is 0 Å². The number of hydrogen-bond acceptors (Lipinski definition) is 1. The smallest absolute Gasteiger partial charge is 0.0408 e. The van der Waals surface area contributed by atoms with Gasteiger partial charge in [0.05, 0.1) is 0 Å². The number of hydrogen-bond donors (Lipinski definition) is 0. The summed E-state index contributed by atoms with van der Waals surface area (Å²) in [6.07, 6.45) is 2.40. The molecular formula is C15H21N. The molecule has 0 fully saturated rings. The molecule has 0 spiro atoms. The molecule has 0 heterocycles. The Morgan fingerprint density at radius 3 is 2.44 bits per heavy atom. The van der Waals surface area contributed by atoms with Crippen molar-refractivity contribution in [3.05, 3.63) is 41.0 Å². The van der Waals surface area contributed by atoms with E-state index in [0.29, 0.717) is 12.0 Å². The molecular weight excluding hydrogens is 194 g/mol. The van der Waals surface area contributed by atoms with Gasteiger partial charge in [-0.2, -0.15) is 0 Å². The lowest BCUT2D eigenvalue weighted by molar-refractivity contribution is 0.249. The molecule has 1 aliphatic rings. The Kier molecular flexibility index (Phi) is 2.90. The average molecular weight is 215 g/mol. The minimum atomic E-state index is 0.513. The lowest BCUT2D eigenvalue weighted by Crippen LogP contribution is -2.28. The van der Waals surface area contributed by atoms with E-state index in [1.54, 1.807) is 0 Å². The molecule has 0 amide bonds. The molecule has 16 heavy (non-hydrogen) atoms. The zero-order chi connectivity index (χ0) is 11.9. The van der Waals surface area contributed by atoms with Gasteiger partial charge < -0.3 is 4.90 Å². The van der Waals surface area contributed by atoms with Crippen LogP contribution in [0.25, 0.3) is 5.57 Å². The van der Waals surface area contributed by atoms with Gasteiger partial charge in [-0.15, -0.1) is 0 Å². The maximum absolute atomic E-state index is 2.40. The van der Waals surface area contributed by atoms with Gasteiger partial charge in [0.15, 0.2) is 0 Å². The summed E-state index contributed by atoms with van der Waals surface area (Å²) in [4.78, 5) is 2.32. The zero-order valence-electron chi connectivity index (χ0n) is 10.9. The van der Waals surface area contributed by atoms with E-state index in [9.17, 15) is 0 Å². The number of rotatable bonds is 1. The number of aryl methyl sites for hydroxylation is 1. The normalized spacial score (nSPS) is 24.2. The Balaban J connectivity index is 2.57. The van der Waals surface area contributed by atoms with Crippen molar-refractivity contribution in [2.24, 2.45) is 5.92 Å².